The summed E-state index contributed by atoms with van der Waals surface area (Å²) in [7, 11) is 0. The fourth-order valence-electron chi connectivity index (χ4n) is 2.45. The topological polar surface area (TPSA) is 59.4 Å². The van der Waals surface area contributed by atoms with Crippen LogP contribution in [-0.4, -0.2) is 16.1 Å². The van der Waals surface area contributed by atoms with Crippen LogP contribution in [0.4, 0.5) is 0 Å². The highest BCUT2D eigenvalue weighted by molar-refractivity contribution is 7.13. The summed E-state index contributed by atoms with van der Waals surface area (Å²) in [5.41, 5.74) is 1.48. The Hall–Kier alpha value is -1.88. The predicted molar refractivity (Wildman–Crippen MR) is 81.3 cm³/mol. The number of carboxylic acid groups (broad SMARTS) is 1. The molecule has 2 heterocycles. The standard InChI is InChI=1S/C16H17NO3S/c1-16(2,3)13-12(15(18)19)21-14(17-13)11-8-9-6-4-5-7-10(9)20-11/h4-7,11H,8H2,1-3H3,(H,18,19). The monoisotopic (exact) mass is 303 g/mol. The molecule has 0 saturated heterocycles. The van der Waals surface area contributed by atoms with Gasteiger partial charge in [0.05, 0.1) is 5.69 Å². The zero-order valence-corrected chi connectivity index (χ0v) is 13.0. The predicted octanol–water partition coefficient (Wildman–Crippen LogP) is 3.82. The van der Waals surface area contributed by atoms with Crippen molar-refractivity contribution in [1.82, 2.24) is 4.98 Å². The summed E-state index contributed by atoms with van der Waals surface area (Å²) in [6.07, 6.45) is 0.563. The summed E-state index contributed by atoms with van der Waals surface area (Å²) in [5, 5.41) is 10.1. The number of rotatable bonds is 2. The molecule has 0 amide bonds. The van der Waals surface area contributed by atoms with Gasteiger partial charge in [0.1, 0.15) is 15.6 Å². The van der Waals surface area contributed by atoms with Crippen LogP contribution in [0.5, 0.6) is 5.75 Å². The second-order valence-corrected chi connectivity index (χ2v) is 7.23. The zero-order chi connectivity index (χ0) is 15.2. The normalized spacial score (nSPS) is 17.4. The molecule has 1 aromatic carbocycles. The fourth-order valence-corrected chi connectivity index (χ4v) is 3.59. The number of aromatic nitrogens is 1. The number of hydrogen-bond donors (Lipinski definition) is 1. The minimum atomic E-state index is -0.917. The number of carbonyl (C=O) groups is 1. The van der Waals surface area contributed by atoms with Gasteiger partial charge in [-0.3, -0.25) is 0 Å². The molecule has 1 aromatic heterocycles. The second kappa shape index (κ2) is 4.84. The van der Waals surface area contributed by atoms with Crippen LogP contribution in [0, 0.1) is 0 Å². The first-order chi connectivity index (χ1) is 9.86. The molecular weight excluding hydrogens is 286 g/mol. The summed E-state index contributed by atoms with van der Waals surface area (Å²) in [6.45, 7) is 5.92. The molecule has 1 aliphatic rings. The van der Waals surface area contributed by atoms with E-state index in [1.165, 1.54) is 11.3 Å². The van der Waals surface area contributed by atoms with Gasteiger partial charge in [0.2, 0.25) is 0 Å². The maximum atomic E-state index is 11.4. The van der Waals surface area contributed by atoms with E-state index in [2.05, 4.69) is 4.98 Å². The summed E-state index contributed by atoms with van der Waals surface area (Å²) >= 11 is 1.23. The molecule has 0 bridgehead atoms. The number of ether oxygens (including phenoxy) is 1. The molecule has 0 saturated carbocycles. The minimum absolute atomic E-state index is 0.179. The fraction of sp³-hybridized carbons (Fsp3) is 0.375. The molecule has 1 N–H and O–H groups in total. The molecular formula is C16H17NO3S. The van der Waals surface area contributed by atoms with Crippen molar-refractivity contribution >= 4 is 17.3 Å². The molecule has 0 fully saturated rings. The first kappa shape index (κ1) is 14.1. The van der Waals surface area contributed by atoms with E-state index < -0.39 is 5.97 Å². The maximum absolute atomic E-state index is 11.4. The number of nitrogens with zero attached hydrogens (tertiary/aromatic N) is 1. The largest absolute Gasteiger partial charge is 0.483 e. The van der Waals surface area contributed by atoms with Gasteiger partial charge in [-0.05, 0) is 11.6 Å². The van der Waals surface area contributed by atoms with Gasteiger partial charge < -0.3 is 9.84 Å². The lowest BCUT2D eigenvalue weighted by Gasteiger charge is -2.16. The number of hydrogen-bond acceptors (Lipinski definition) is 4. The lowest BCUT2D eigenvalue weighted by atomic mass is 9.91. The van der Waals surface area contributed by atoms with E-state index >= 15 is 0 Å². The van der Waals surface area contributed by atoms with Gasteiger partial charge >= 0.3 is 5.97 Å². The number of fused-ring (bicyclic) bond motifs is 1. The maximum Gasteiger partial charge on any atom is 0.347 e. The highest BCUT2D eigenvalue weighted by Crippen LogP contribution is 2.40. The van der Waals surface area contributed by atoms with Gasteiger partial charge in [0.15, 0.2) is 6.10 Å². The third-order valence-corrected chi connectivity index (χ3v) is 4.61. The molecule has 2 aromatic rings. The third-order valence-electron chi connectivity index (χ3n) is 3.47. The molecule has 0 spiro atoms. The first-order valence-electron chi connectivity index (χ1n) is 6.85. The number of aromatic carboxylic acids is 1. The third kappa shape index (κ3) is 2.53. The molecule has 5 heteroatoms. The van der Waals surface area contributed by atoms with Gasteiger partial charge in [-0.1, -0.05) is 39.0 Å². The van der Waals surface area contributed by atoms with E-state index in [1.807, 2.05) is 45.0 Å². The van der Waals surface area contributed by atoms with Crippen LogP contribution in [0.15, 0.2) is 24.3 Å². The van der Waals surface area contributed by atoms with Gasteiger partial charge in [0.25, 0.3) is 0 Å². The van der Waals surface area contributed by atoms with Crippen LogP contribution in [0.3, 0.4) is 0 Å². The van der Waals surface area contributed by atoms with E-state index in [4.69, 9.17) is 4.74 Å². The molecule has 3 rings (SSSR count). The minimum Gasteiger partial charge on any atom is -0.483 e. The van der Waals surface area contributed by atoms with Crippen molar-refractivity contribution < 1.29 is 14.6 Å². The average Bonchev–Trinajstić information content (AvgIpc) is 3.02. The number of benzene rings is 1. The van der Waals surface area contributed by atoms with E-state index in [0.29, 0.717) is 10.6 Å². The van der Waals surface area contributed by atoms with Crippen molar-refractivity contribution in [2.45, 2.75) is 38.7 Å². The molecule has 1 unspecified atom stereocenters. The van der Waals surface area contributed by atoms with Gasteiger partial charge in [-0.25, -0.2) is 9.78 Å². The van der Waals surface area contributed by atoms with Gasteiger partial charge in [0, 0.05) is 11.8 Å². The second-order valence-electron chi connectivity index (χ2n) is 6.20. The van der Waals surface area contributed by atoms with Crippen molar-refractivity contribution in [1.29, 1.82) is 0 Å². The van der Waals surface area contributed by atoms with Crippen molar-refractivity contribution in [3.8, 4) is 5.75 Å². The highest BCUT2D eigenvalue weighted by atomic mass is 32.1. The smallest absolute Gasteiger partial charge is 0.347 e. The summed E-state index contributed by atoms with van der Waals surface area (Å²) in [6, 6.07) is 7.89. The quantitative estimate of drug-likeness (QED) is 0.916. The van der Waals surface area contributed by atoms with Crippen molar-refractivity contribution in [3.05, 3.63) is 45.4 Å². The molecule has 110 valence electrons. The Morgan fingerprint density at radius 1 is 1.38 bits per heavy atom. The van der Waals surface area contributed by atoms with Gasteiger partial charge in [-0.15, -0.1) is 11.3 Å². The number of thiazole rings is 1. The van der Waals surface area contributed by atoms with Gasteiger partial charge in [-0.2, -0.15) is 0 Å². The molecule has 1 atom stereocenters. The van der Waals surface area contributed by atoms with Crippen LogP contribution in [0.25, 0.3) is 0 Å². The van der Waals surface area contributed by atoms with Crippen molar-refractivity contribution in [2.24, 2.45) is 0 Å². The SMILES string of the molecule is CC(C)(C)c1nc(C2Cc3ccccc3O2)sc1C(=O)O. The summed E-state index contributed by atoms with van der Waals surface area (Å²) < 4.78 is 5.91. The Kier molecular flexibility index (Phi) is 3.24. The summed E-state index contributed by atoms with van der Waals surface area (Å²) in [4.78, 5) is 16.3. The molecule has 1 aliphatic heterocycles. The number of para-hydroxylation sites is 1. The Morgan fingerprint density at radius 2 is 2.10 bits per heavy atom. The molecule has 4 nitrogen and oxygen atoms in total. The van der Waals surface area contributed by atoms with E-state index in [9.17, 15) is 9.90 Å². The lowest BCUT2D eigenvalue weighted by Crippen LogP contribution is -2.16. The van der Waals surface area contributed by atoms with Crippen LogP contribution < -0.4 is 4.74 Å². The van der Waals surface area contributed by atoms with E-state index in [-0.39, 0.29) is 11.5 Å². The molecule has 21 heavy (non-hydrogen) atoms. The van der Waals surface area contributed by atoms with E-state index in [1.54, 1.807) is 0 Å². The van der Waals surface area contributed by atoms with Crippen molar-refractivity contribution in [2.75, 3.05) is 0 Å². The zero-order valence-electron chi connectivity index (χ0n) is 12.2. The highest BCUT2D eigenvalue weighted by Gasteiger charge is 2.32. The Bertz CT molecular complexity index is 675. The average molecular weight is 303 g/mol. The van der Waals surface area contributed by atoms with E-state index in [0.717, 1.165) is 22.7 Å². The van der Waals surface area contributed by atoms with Crippen LogP contribution >= 0.6 is 11.3 Å². The first-order valence-corrected chi connectivity index (χ1v) is 7.67. The number of carboxylic acids is 1. The summed E-state index contributed by atoms with van der Waals surface area (Å²) in [5.74, 6) is -0.0499. The molecule has 0 radical (unpaired) electrons. The van der Waals surface area contributed by atoms with Crippen molar-refractivity contribution in [3.63, 3.8) is 0 Å². The van der Waals surface area contributed by atoms with Crippen LogP contribution in [-0.2, 0) is 11.8 Å². The Labute approximate surface area is 127 Å². The Balaban J connectivity index is 1.97. The lowest BCUT2D eigenvalue weighted by molar-refractivity contribution is 0.0699. The van der Waals surface area contributed by atoms with Crippen LogP contribution in [0.2, 0.25) is 0 Å². The molecule has 0 aliphatic carbocycles. The Morgan fingerprint density at radius 3 is 2.67 bits per heavy atom. The van der Waals surface area contributed by atoms with Crippen LogP contribution in [0.1, 0.15) is 52.8 Å².